The largest absolute Gasteiger partial charge is 0.454 e. The second kappa shape index (κ2) is 8.97. The Morgan fingerprint density at radius 1 is 1.12 bits per heavy atom. The van der Waals surface area contributed by atoms with E-state index in [0.29, 0.717) is 27.6 Å². The van der Waals surface area contributed by atoms with Crippen molar-refractivity contribution < 1.29 is 14.3 Å². The minimum atomic E-state index is -0.129. The minimum absolute atomic E-state index is 0.129. The first-order chi connectivity index (χ1) is 15.7. The number of fused-ring (bicyclic) bond motifs is 2. The van der Waals surface area contributed by atoms with Gasteiger partial charge in [0.1, 0.15) is 11.1 Å². The van der Waals surface area contributed by atoms with E-state index in [9.17, 15) is 10.1 Å². The number of aromatic nitrogens is 1. The van der Waals surface area contributed by atoms with Crippen molar-refractivity contribution in [3.05, 3.63) is 48.0 Å². The number of carbonyl (C=O) groups is 1. The van der Waals surface area contributed by atoms with E-state index in [1.54, 1.807) is 12.1 Å². The van der Waals surface area contributed by atoms with E-state index in [1.807, 2.05) is 24.3 Å². The monoisotopic (exact) mass is 446 g/mol. The van der Waals surface area contributed by atoms with Crippen molar-refractivity contribution in [2.45, 2.75) is 24.3 Å². The number of hydrogen-bond donors (Lipinski definition) is 1. The van der Waals surface area contributed by atoms with Crippen LogP contribution in [-0.2, 0) is 4.79 Å². The van der Waals surface area contributed by atoms with Crippen molar-refractivity contribution in [2.24, 2.45) is 0 Å². The molecule has 1 fully saturated rings. The highest BCUT2D eigenvalue weighted by Gasteiger charge is 2.18. The number of ether oxygens (including phenoxy) is 2. The standard InChI is InChI=1S/C24H22N4O3S/c25-13-17-10-16-11-21-22(31-15-30-21)12-19(16)27-24(17)32-14-23(29)26-18-6-2-3-7-20(18)28-8-4-1-5-9-28/h2-3,6-7,10-12H,1,4-5,8-9,14-15H2,(H,26,29). The lowest BCUT2D eigenvalue weighted by Crippen LogP contribution is -2.30. The number of piperidine rings is 1. The van der Waals surface area contributed by atoms with Crippen LogP contribution in [0.1, 0.15) is 24.8 Å². The predicted molar refractivity (Wildman–Crippen MR) is 124 cm³/mol. The summed E-state index contributed by atoms with van der Waals surface area (Å²) >= 11 is 1.26. The van der Waals surface area contributed by atoms with Gasteiger partial charge in [0.15, 0.2) is 11.5 Å². The van der Waals surface area contributed by atoms with E-state index in [2.05, 4.69) is 27.3 Å². The summed E-state index contributed by atoms with van der Waals surface area (Å²) < 4.78 is 10.8. The molecule has 0 atom stereocenters. The first-order valence-corrected chi connectivity index (χ1v) is 11.6. The molecule has 1 saturated heterocycles. The van der Waals surface area contributed by atoms with Gasteiger partial charge in [-0.05, 0) is 43.5 Å². The highest BCUT2D eigenvalue weighted by molar-refractivity contribution is 8.00. The van der Waals surface area contributed by atoms with Crippen LogP contribution in [0.5, 0.6) is 11.5 Å². The molecule has 1 N–H and O–H groups in total. The van der Waals surface area contributed by atoms with Gasteiger partial charge in [0.05, 0.1) is 28.2 Å². The van der Waals surface area contributed by atoms with Crippen LogP contribution >= 0.6 is 11.8 Å². The summed E-state index contributed by atoms with van der Waals surface area (Å²) in [6.45, 7) is 2.19. The summed E-state index contributed by atoms with van der Waals surface area (Å²) in [6, 6.07) is 15.5. The SMILES string of the molecule is N#Cc1cc2cc3c(cc2nc1SCC(=O)Nc1ccccc1N1CCCCC1)OCO3. The molecule has 32 heavy (non-hydrogen) atoms. The zero-order valence-corrected chi connectivity index (χ0v) is 18.3. The Bertz CT molecular complexity index is 1220. The van der Waals surface area contributed by atoms with E-state index >= 15 is 0 Å². The first kappa shape index (κ1) is 20.5. The summed E-state index contributed by atoms with van der Waals surface area (Å²) in [5, 5.41) is 14.0. The fraction of sp³-hybridized carbons (Fsp3) is 0.292. The molecule has 0 bridgehead atoms. The Labute approximate surface area is 190 Å². The lowest BCUT2D eigenvalue weighted by Gasteiger charge is -2.30. The topological polar surface area (TPSA) is 87.5 Å². The molecule has 2 aliphatic rings. The van der Waals surface area contributed by atoms with Crippen LogP contribution in [-0.4, -0.2) is 36.5 Å². The molecule has 0 radical (unpaired) electrons. The molecule has 0 spiro atoms. The van der Waals surface area contributed by atoms with Gasteiger partial charge in [-0.15, -0.1) is 0 Å². The summed E-state index contributed by atoms with van der Waals surface area (Å²) in [5.41, 5.74) is 3.01. The molecule has 8 heteroatoms. The maximum absolute atomic E-state index is 12.7. The first-order valence-electron chi connectivity index (χ1n) is 10.6. The number of thioether (sulfide) groups is 1. The van der Waals surface area contributed by atoms with Crippen LogP contribution in [0.3, 0.4) is 0 Å². The molecule has 162 valence electrons. The average Bonchev–Trinajstić information content (AvgIpc) is 3.29. The van der Waals surface area contributed by atoms with Gasteiger partial charge < -0.3 is 19.7 Å². The number of nitriles is 1. The Kier molecular flexibility index (Phi) is 5.73. The molecule has 3 aromatic rings. The zero-order chi connectivity index (χ0) is 21.9. The normalized spacial score (nSPS) is 14.9. The lowest BCUT2D eigenvalue weighted by molar-refractivity contribution is -0.113. The second-order valence-electron chi connectivity index (χ2n) is 7.75. The van der Waals surface area contributed by atoms with Crippen LogP contribution in [0.15, 0.2) is 47.5 Å². The fourth-order valence-corrected chi connectivity index (χ4v) is 4.81. The molecular formula is C24H22N4O3S. The van der Waals surface area contributed by atoms with Crippen LogP contribution in [0.2, 0.25) is 0 Å². The third-order valence-corrected chi connectivity index (χ3v) is 6.60. The highest BCUT2D eigenvalue weighted by atomic mass is 32.2. The highest BCUT2D eigenvalue weighted by Crippen LogP contribution is 2.37. The molecule has 0 saturated carbocycles. The molecule has 0 unspecified atom stereocenters. The third kappa shape index (κ3) is 4.16. The number of anilines is 2. The molecule has 3 heterocycles. The van der Waals surface area contributed by atoms with Gasteiger partial charge in [-0.2, -0.15) is 5.26 Å². The number of nitrogens with one attached hydrogen (secondary N) is 1. The summed E-state index contributed by atoms with van der Waals surface area (Å²) in [6.07, 6.45) is 3.59. The number of rotatable bonds is 5. The number of pyridine rings is 1. The fourth-order valence-electron chi connectivity index (χ4n) is 4.05. The Morgan fingerprint density at radius 3 is 2.72 bits per heavy atom. The lowest BCUT2D eigenvalue weighted by atomic mass is 10.1. The molecule has 2 aliphatic heterocycles. The van der Waals surface area contributed by atoms with Crippen molar-refractivity contribution in [1.29, 1.82) is 5.26 Å². The Morgan fingerprint density at radius 2 is 1.91 bits per heavy atom. The third-order valence-electron chi connectivity index (χ3n) is 5.61. The minimum Gasteiger partial charge on any atom is -0.454 e. The van der Waals surface area contributed by atoms with Crippen molar-refractivity contribution >= 4 is 39.9 Å². The van der Waals surface area contributed by atoms with E-state index in [1.165, 1.54) is 31.0 Å². The molecule has 0 aliphatic carbocycles. The van der Waals surface area contributed by atoms with Gasteiger partial charge in [0.2, 0.25) is 12.7 Å². The number of benzene rings is 2. The van der Waals surface area contributed by atoms with Gasteiger partial charge >= 0.3 is 0 Å². The van der Waals surface area contributed by atoms with E-state index in [0.717, 1.165) is 29.9 Å². The Hall–Kier alpha value is -3.44. The van der Waals surface area contributed by atoms with Crippen LogP contribution in [0.25, 0.3) is 10.9 Å². The maximum Gasteiger partial charge on any atom is 0.234 e. The number of hydrogen-bond acceptors (Lipinski definition) is 7. The van der Waals surface area contributed by atoms with Crippen LogP contribution in [0, 0.1) is 11.3 Å². The van der Waals surface area contributed by atoms with Gasteiger partial charge in [0.25, 0.3) is 0 Å². The number of carbonyl (C=O) groups excluding carboxylic acids is 1. The van der Waals surface area contributed by atoms with Crippen LogP contribution < -0.4 is 19.7 Å². The smallest absolute Gasteiger partial charge is 0.234 e. The van der Waals surface area contributed by atoms with E-state index in [4.69, 9.17) is 9.47 Å². The average molecular weight is 447 g/mol. The summed E-state index contributed by atoms with van der Waals surface area (Å²) in [7, 11) is 0. The quantitative estimate of drug-likeness (QED) is 0.575. The Balaban J connectivity index is 1.31. The summed E-state index contributed by atoms with van der Waals surface area (Å²) in [5.74, 6) is 1.32. The van der Waals surface area contributed by atoms with E-state index in [-0.39, 0.29) is 18.5 Å². The number of nitrogens with zero attached hydrogens (tertiary/aromatic N) is 3. The van der Waals surface area contributed by atoms with Crippen molar-refractivity contribution in [1.82, 2.24) is 4.98 Å². The van der Waals surface area contributed by atoms with Gasteiger partial charge in [-0.25, -0.2) is 4.98 Å². The molecule has 2 aromatic carbocycles. The van der Waals surface area contributed by atoms with Crippen molar-refractivity contribution in [2.75, 3.05) is 35.9 Å². The molecular weight excluding hydrogens is 424 g/mol. The van der Waals surface area contributed by atoms with Gasteiger partial charge in [-0.3, -0.25) is 4.79 Å². The van der Waals surface area contributed by atoms with Gasteiger partial charge in [0, 0.05) is 24.5 Å². The van der Waals surface area contributed by atoms with Crippen molar-refractivity contribution in [3.63, 3.8) is 0 Å². The van der Waals surface area contributed by atoms with Gasteiger partial charge in [-0.1, -0.05) is 23.9 Å². The van der Waals surface area contributed by atoms with E-state index < -0.39 is 0 Å². The van der Waals surface area contributed by atoms with Crippen LogP contribution in [0.4, 0.5) is 11.4 Å². The second-order valence-corrected chi connectivity index (χ2v) is 8.72. The number of amides is 1. The molecule has 5 rings (SSSR count). The van der Waals surface area contributed by atoms with Crippen molar-refractivity contribution in [3.8, 4) is 17.6 Å². The molecule has 1 amide bonds. The molecule has 7 nitrogen and oxygen atoms in total. The number of para-hydroxylation sites is 2. The maximum atomic E-state index is 12.7. The molecule has 1 aromatic heterocycles. The predicted octanol–water partition coefficient (Wildman–Crippen LogP) is 4.56. The zero-order valence-electron chi connectivity index (χ0n) is 17.5. The summed E-state index contributed by atoms with van der Waals surface area (Å²) in [4.78, 5) is 19.7.